The Morgan fingerprint density at radius 2 is 2.27 bits per heavy atom. The van der Waals surface area contributed by atoms with Crippen LogP contribution in [-0.4, -0.2) is 19.4 Å². The molecule has 0 aromatic heterocycles. The monoisotopic (exact) mass is 207 g/mol. The van der Waals surface area contributed by atoms with Crippen LogP contribution in [0.15, 0.2) is 12.1 Å². The van der Waals surface area contributed by atoms with Gasteiger partial charge in [-0.2, -0.15) is 5.26 Å². The first-order chi connectivity index (χ1) is 7.13. The van der Waals surface area contributed by atoms with Crippen LogP contribution < -0.4 is 0 Å². The highest BCUT2D eigenvalue weighted by atomic mass is 19.1. The smallest absolute Gasteiger partial charge is 0.339 e. The normalized spacial score (nSPS) is 9.13. The quantitative estimate of drug-likeness (QED) is 0.541. The van der Waals surface area contributed by atoms with Gasteiger partial charge in [0.2, 0.25) is 0 Å². The van der Waals surface area contributed by atoms with E-state index in [1.807, 2.05) is 0 Å². The fourth-order valence-corrected chi connectivity index (χ4v) is 1.08. The summed E-state index contributed by atoms with van der Waals surface area (Å²) in [6, 6.07) is 3.54. The minimum Gasteiger partial charge on any atom is -0.465 e. The Morgan fingerprint density at radius 1 is 1.60 bits per heavy atom. The molecular weight excluding hydrogens is 201 g/mol. The predicted octanol–water partition coefficient (Wildman–Crippen LogP) is 1.30. The largest absolute Gasteiger partial charge is 0.465 e. The molecule has 0 bridgehead atoms. The van der Waals surface area contributed by atoms with Gasteiger partial charge in [-0.15, -0.1) is 0 Å². The molecule has 0 saturated heterocycles. The second-order valence-corrected chi connectivity index (χ2v) is 2.65. The van der Waals surface area contributed by atoms with Crippen LogP contribution in [-0.2, 0) is 4.74 Å². The summed E-state index contributed by atoms with van der Waals surface area (Å²) in [6.07, 6.45) is 0.386. The summed E-state index contributed by atoms with van der Waals surface area (Å²) in [6.45, 7) is 0. The minimum atomic E-state index is -0.914. The van der Waals surface area contributed by atoms with E-state index in [1.54, 1.807) is 0 Å². The third-order valence-electron chi connectivity index (χ3n) is 1.77. The molecule has 5 heteroatoms. The zero-order valence-corrected chi connectivity index (χ0v) is 7.78. The Balaban J connectivity index is 3.47. The molecule has 0 unspecified atom stereocenters. The van der Waals surface area contributed by atoms with E-state index in [1.165, 1.54) is 6.07 Å². The van der Waals surface area contributed by atoms with Crippen LogP contribution >= 0.6 is 0 Å². The zero-order valence-electron chi connectivity index (χ0n) is 7.78. The SMILES string of the molecule is COC(=O)c1cc(C=O)cc(F)c1C#N. The molecule has 0 spiro atoms. The Morgan fingerprint density at radius 3 is 2.73 bits per heavy atom. The van der Waals surface area contributed by atoms with Crippen LogP contribution in [0.25, 0.3) is 0 Å². The number of aldehydes is 1. The summed E-state index contributed by atoms with van der Waals surface area (Å²) < 4.78 is 17.6. The molecule has 0 amide bonds. The van der Waals surface area contributed by atoms with Crippen molar-refractivity contribution in [3.05, 3.63) is 34.6 Å². The number of nitriles is 1. The maximum Gasteiger partial charge on any atom is 0.339 e. The molecule has 4 nitrogen and oxygen atoms in total. The van der Waals surface area contributed by atoms with E-state index in [9.17, 15) is 14.0 Å². The number of rotatable bonds is 2. The number of benzene rings is 1. The lowest BCUT2D eigenvalue weighted by Gasteiger charge is -2.03. The van der Waals surface area contributed by atoms with E-state index in [0.717, 1.165) is 19.2 Å². The fraction of sp³-hybridized carbons (Fsp3) is 0.100. The van der Waals surface area contributed by atoms with Crippen molar-refractivity contribution in [3.63, 3.8) is 0 Å². The molecule has 76 valence electrons. The van der Waals surface area contributed by atoms with Crippen molar-refractivity contribution in [2.24, 2.45) is 0 Å². The van der Waals surface area contributed by atoms with Gasteiger partial charge in [0.05, 0.1) is 12.7 Å². The standard InChI is InChI=1S/C10H6FNO3/c1-15-10(14)7-2-6(5-13)3-9(11)8(7)4-12/h2-3,5H,1H3. The molecule has 0 saturated carbocycles. The number of hydrogen-bond donors (Lipinski definition) is 0. The van der Waals surface area contributed by atoms with Gasteiger partial charge in [0.25, 0.3) is 0 Å². The highest BCUT2D eigenvalue weighted by Crippen LogP contribution is 2.15. The molecule has 0 N–H and O–H groups in total. The zero-order chi connectivity index (χ0) is 11.4. The first-order valence-corrected chi connectivity index (χ1v) is 3.91. The summed E-state index contributed by atoms with van der Waals surface area (Å²) in [5.74, 6) is -1.77. The Labute approximate surface area is 84.9 Å². The van der Waals surface area contributed by atoms with E-state index in [4.69, 9.17) is 5.26 Å². The van der Waals surface area contributed by atoms with E-state index in [-0.39, 0.29) is 11.1 Å². The number of carbonyl (C=O) groups is 2. The van der Waals surface area contributed by atoms with Crippen molar-refractivity contribution in [2.45, 2.75) is 0 Å². The number of methoxy groups -OCH3 is 1. The van der Waals surface area contributed by atoms with Crippen LogP contribution in [0.1, 0.15) is 26.3 Å². The van der Waals surface area contributed by atoms with Crippen molar-refractivity contribution in [3.8, 4) is 6.07 Å². The number of halogens is 1. The van der Waals surface area contributed by atoms with Crippen molar-refractivity contribution in [1.82, 2.24) is 0 Å². The van der Waals surface area contributed by atoms with Crippen molar-refractivity contribution in [2.75, 3.05) is 7.11 Å². The average Bonchev–Trinajstić information content (AvgIpc) is 2.26. The number of carbonyl (C=O) groups excluding carboxylic acids is 2. The first-order valence-electron chi connectivity index (χ1n) is 3.91. The summed E-state index contributed by atoms with van der Waals surface area (Å²) in [5, 5.41) is 8.62. The maximum absolute atomic E-state index is 13.2. The molecule has 1 aromatic carbocycles. The van der Waals surface area contributed by atoms with Crippen LogP contribution in [0, 0.1) is 17.1 Å². The van der Waals surface area contributed by atoms with Crippen molar-refractivity contribution in [1.29, 1.82) is 5.26 Å². The van der Waals surface area contributed by atoms with Gasteiger partial charge in [0, 0.05) is 5.56 Å². The lowest BCUT2D eigenvalue weighted by atomic mass is 10.0. The Kier molecular flexibility index (Phi) is 3.13. The predicted molar refractivity (Wildman–Crippen MR) is 47.8 cm³/mol. The van der Waals surface area contributed by atoms with E-state index in [2.05, 4.69) is 4.74 Å². The highest BCUT2D eigenvalue weighted by Gasteiger charge is 2.17. The van der Waals surface area contributed by atoms with Crippen LogP contribution in [0.4, 0.5) is 4.39 Å². The number of hydrogen-bond acceptors (Lipinski definition) is 4. The Hall–Kier alpha value is -2.22. The fourth-order valence-electron chi connectivity index (χ4n) is 1.08. The molecule has 0 aliphatic heterocycles. The van der Waals surface area contributed by atoms with Gasteiger partial charge in [-0.05, 0) is 12.1 Å². The van der Waals surface area contributed by atoms with Crippen LogP contribution in [0.3, 0.4) is 0 Å². The molecular formula is C10H6FNO3. The van der Waals surface area contributed by atoms with E-state index in [0.29, 0.717) is 6.29 Å². The maximum atomic E-state index is 13.2. The van der Waals surface area contributed by atoms with Gasteiger partial charge in [-0.1, -0.05) is 0 Å². The van der Waals surface area contributed by atoms with Crippen LogP contribution in [0.5, 0.6) is 0 Å². The third kappa shape index (κ3) is 1.99. The van der Waals surface area contributed by atoms with E-state index < -0.39 is 17.3 Å². The second-order valence-electron chi connectivity index (χ2n) is 2.65. The lowest BCUT2D eigenvalue weighted by Crippen LogP contribution is -2.07. The molecule has 0 aliphatic rings. The first kappa shape index (κ1) is 10.9. The topological polar surface area (TPSA) is 67.2 Å². The number of ether oxygens (including phenoxy) is 1. The number of esters is 1. The summed E-state index contributed by atoms with van der Waals surface area (Å²) in [4.78, 5) is 21.6. The molecule has 0 radical (unpaired) electrons. The van der Waals surface area contributed by atoms with Gasteiger partial charge in [0.15, 0.2) is 0 Å². The number of nitrogens with zero attached hydrogens (tertiary/aromatic N) is 1. The third-order valence-corrected chi connectivity index (χ3v) is 1.77. The van der Waals surface area contributed by atoms with E-state index >= 15 is 0 Å². The molecule has 0 fully saturated rings. The Bertz CT molecular complexity index is 462. The summed E-state index contributed by atoms with van der Waals surface area (Å²) in [5.41, 5.74) is -0.693. The second kappa shape index (κ2) is 4.33. The molecule has 15 heavy (non-hydrogen) atoms. The van der Waals surface area contributed by atoms with Gasteiger partial charge < -0.3 is 4.74 Å². The summed E-state index contributed by atoms with van der Waals surface area (Å²) in [7, 11) is 1.11. The van der Waals surface area contributed by atoms with Crippen LogP contribution in [0.2, 0.25) is 0 Å². The van der Waals surface area contributed by atoms with Crippen molar-refractivity contribution < 1.29 is 18.7 Å². The molecule has 0 atom stereocenters. The lowest BCUT2D eigenvalue weighted by molar-refractivity contribution is 0.0600. The molecule has 0 aliphatic carbocycles. The van der Waals surface area contributed by atoms with Gasteiger partial charge in [-0.25, -0.2) is 9.18 Å². The molecule has 1 rings (SSSR count). The molecule has 1 aromatic rings. The average molecular weight is 207 g/mol. The van der Waals surface area contributed by atoms with Crippen molar-refractivity contribution >= 4 is 12.3 Å². The highest BCUT2D eigenvalue weighted by molar-refractivity contribution is 5.94. The van der Waals surface area contributed by atoms with Gasteiger partial charge >= 0.3 is 5.97 Å². The minimum absolute atomic E-state index is 0.0214. The summed E-state index contributed by atoms with van der Waals surface area (Å²) >= 11 is 0. The van der Waals surface area contributed by atoms with Gasteiger partial charge in [0.1, 0.15) is 23.7 Å². The van der Waals surface area contributed by atoms with Gasteiger partial charge in [-0.3, -0.25) is 4.79 Å². The molecule has 0 heterocycles.